The van der Waals surface area contributed by atoms with Gasteiger partial charge in [-0.05, 0) is 37.4 Å². The number of aromatic amines is 1. The van der Waals surface area contributed by atoms with Crippen molar-refractivity contribution in [3.05, 3.63) is 78.4 Å². The van der Waals surface area contributed by atoms with Gasteiger partial charge in [0.05, 0.1) is 11.4 Å². The van der Waals surface area contributed by atoms with Crippen LogP contribution in [0.25, 0.3) is 22.2 Å². The van der Waals surface area contributed by atoms with E-state index in [1.165, 1.54) is 5.56 Å². The summed E-state index contributed by atoms with van der Waals surface area (Å²) in [5.41, 5.74) is 5.65. The summed E-state index contributed by atoms with van der Waals surface area (Å²) in [5.74, 6) is 0. The number of hydrogen-bond donors (Lipinski definition) is 3. The van der Waals surface area contributed by atoms with Crippen LogP contribution >= 0.6 is 11.8 Å². The van der Waals surface area contributed by atoms with Crippen molar-refractivity contribution in [2.75, 3.05) is 16.9 Å². The number of amides is 2. The number of carbonyl (C=O) groups is 1. The minimum absolute atomic E-state index is 0.267. The first kappa shape index (κ1) is 18.2. The van der Waals surface area contributed by atoms with Gasteiger partial charge in [-0.2, -0.15) is 0 Å². The third-order valence-corrected chi connectivity index (χ3v) is 5.34. The zero-order valence-corrected chi connectivity index (χ0v) is 16.6. The molecule has 1 aromatic heterocycles. The molecule has 1 heterocycles. The van der Waals surface area contributed by atoms with Crippen molar-refractivity contribution in [2.45, 2.75) is 11.8 Å². The zero-order chi connectivity index (χ0) is 19.5. The fourth-order valence-corrected chi connectivity index (χ4v) is 3.64. The molecule has 0 spiro atoms. The summed E-state index contributed by atoms with van der Waals surface area (Å²) in [5, 5.41) is 6.95. The van der Waals surface area contributed by atoms with Crippen LogP contribution in [0.4, 0.5) is 16.2 Å². The lowest BCUT2D eigenvalue weighted by Gasteiger charge is -2.10. The van der Waals surface area contributed by atoms with Crippen LogP contribution < -0.4 is 10.6 Å². The number of thioether (sulfide) groups is 1. The van der Waals surface area contributed by atoms with E-state index in [1.54, 1.807) is 11.8 Å². The number of para-hydroxylation sites is 1. The van der Waals surface area contributed by atoms with Crippen molar-refractivity contribution in [2.24, 2.45) is 0 Å². The van der Waals surface area contributed by atoms with Crippen molar-refractivity contribution >= 4 is 40.1 Å². The molecule has 3 aromatic carbocycles. The molecule has 0 fully saturated rings. The first-order valence-corrected chi connectivity index (χ1v) is 10.3. The Morgan fingerprint density at radius 2 is 1.71 bits per heavy atom. The molecular formula is C23H21N3OS. The number of fused-ring (bicyclic) bond motifs is 1. The fraction of sp³-hybridized carbons (Fsp3) is 0.0870. The smallest absolute Gasteiger partial charge is 0.323 e. The number of hydrogen-bond acceptors (Lipinski definition) is 2. The zero-order valence-electron chi connectivity index (χ0n) is 15.7. The number of benzene rings is 3. The summed E-state index contributed by atoms with van der Waals surface area (Å²) < 4.78 is 0. The molecule has 3 N–H and O–H groups in total. The van der Waals surface area contributed by atoms with Crippen molar-refractivity contribution in [3.63, 3.8) is 0 Å². The van der Waals surface area contributed by atoms with E-state index >= 15 is 0 Å². The van der Waals surface area contributed by atoms with E-state index in [9.17, 15) is 4.79 Å². The summed E-state index contributed by atoms with van der Waals surface area (Å²) in [4.78, 5) is 17.3. The molecule has 0 aliphatic heterocycles. The van der Waals surface area contributed by atoms with E-state index in [2.05, 4.69) is 46.8 Å². The maximum Gasteiger partial charge on any atom is 0.323 e. The van der Waals surface area contributed by atoms with Crippen LogP contribution in [0.2, 0.25) is 0 Å². The van der Waals surface area contributed by atoms with Gasteiger partial charge in [-0.15, -0.1) is 11.8 Å². The molecule has 4 aromatic rings. The van der Waals surface area contributed by atoms with Gasteiger partial charge in [0.2, 0.25) is 0 Å². The number of rotatable bonds is 4. The van der Waals surface area contributed by atoms with Gasteiger partial charge >= 0.3 is 6.03 Å². The minimum Gasteiger partial charge on any atom is -0.353 e. The minimum atomic E-state index is -0.267. The lowest BCUT2D eigenvalue weighted by Crippen LogP contribution is -2.19. The molecule has 2 amide bonds. The third-order valence-electron chi connectivity index (χ3n) is 4.61. The van der Waals surface area contributed by atoms with Gasteiger partial charge < -0.3 is 15.6 Å². The van der Waals surface area contributed by atoms with Crippen LogP contribution in [0, 0.1) is 6.92 Å². The molecule has 28 heavy (non-hydrogen) atoms. The van der Waals surface area contributed by atoms with Gasteiger partial charge in [0, 0.05) is 27.0 Å². The first-order valence-electron chi connectivity index (χ1n) is 9.04. The van der Waals surface area contributed by atoms with E-state index in [0.717, 1.165) is 38.4 Å². The van der Waals surface area contributed by atoms with Crippen LogP contribution in [-0.2, 0) is 0 Å². The van der Waals surface area contributed by atoms with Crippen LogP contribution in [-0.4, -0.2) is 17.3 Å². The number of aryl methyl sites for hydroxylation is 1. The van der Waals surface area contributed by atoms with Crippen LogP contribution in [0.15, 0.2) is 77.7 Å². The second kappa shape index (κ2) is 7.82. The summed E-state index contributed by atoms with van der Waals surface area (Å²) in [6.07, 6.45) is 2.01. The van der Waals surface area contributed by atoms with Crippen LogP contribution in [0.3, 0.4) is 0 Å². The van der Waals surface area contributed by atoms with Gasteiger partial charge in [0.1, 0.15) is 0 Å². The Bertz CT molecular complexity index is 1130. The number of nitrogens with one attached hydrogen (secondary N) is 3. The van der Waals surface area contributed by atoms with Gasteiger partial charge in [0.15, 0.2) is 0 Å². The number of carbonyl (C=O) groups excluding carboxylic acids is 1. The van der Waals surface area contributed by atoms with Crippen molar-refractivity contribution in [3.8, 4) is 11.3 Å². The van der Waals surface area contributed by atoms with Gasteiger partial charge in [-0.1, -0.05) is 54.1 Å². The lowest BCUT2D eigenvalue weighted by molar-refractivity contribution is 0.262. The van der Waals surface area contributed by atoms with Crippen LogP contribution in [0.5, 0.6) is 0 Å². The largest absolute Gasteiger partial charge is 0.353 e. The maximum atomic E-state index is 12.7. The standard InChI is InChI=1S/C23H21N3OS/c1-15-10-12-16(13-11-15)21-22(19-8-3-4-9-20(19)25-21)26-23(27)24-17-6-5-7-18(14-17)28-2/h3-14,25H,1-2H3,(H2,24,26,27). The molecule has 0 radical (unpaired) electrons. The quantitative estimate of drug-likeness (QED) is 0.350. The van der Waals surface area contributed by atoms with E-state index < -0.39 is 0 Å². The molecule has 0 unspecified atom stereocenters. The molecular weight excluding hydrogens is 366 g/mol. The Hall–Kier alpha value is -3.18. The predicted molar refractivity (Wildman–Crippen MR) is 119 cm³/mol. The highest BCUT2D eigenvalue weighted by atomic mass is 32.2. The summed E-state index contributed by atoms with van der Waals surface area (Å²) in [7, 11) is 0. The van der Waals surface area contributed by atoms with Gasteiger partial charge in [0.25, 0.3) is 0 Å². The van der Waals surface area contributed by atoms with Gasteiger partial charge in [-0.25, -0.2) is 4.79 Å². The Labute approximate surface area is 168 Å². The summed E-state index contributed by atoms with van der Waals surface area (Å²) in [6.45, 7) is 2.06. The highest BCUT2D eigenvalue weighted by Gasteiger charge is 2.15. The van der Waals surface area contributed by atoms with Crippen LogP contribution in [0.1, 0.15) is 5.56 Å². The van der Waals surface area contributed by atoms with Crippen molar-refractivity contribution in [1.29, 1.82) is 0 Å². The maximum absolute atomic E-state index is 12.7. The molecule has 5 heteroatoms. The normalized spacial score (nSPS) is 10.8. The molecule has 0 saturated carbocycles. The molecule has 4 nitrogen and oxygen atoms in total. The Balaban J connectivity index is 1.68. The Morgan fingerprint density at radius 1 is 0.929 bits per heavy atom. The highest BCUT2D eigenvalue weighted by Crippen LogP contribution is 2.35. The molecule has 0 aliphatic carbocycles. The van der Waals surface area contributed by atoms with E-state index in [0.29, 0.717) is 0 Å². The Kier molecular flexibility index (Phi) is 5.08. The molecule has 0 atom stereocenters. The van der Waals surface area contributed by atoms with E-state index in [-0.39, 0.29) is 6.03 Å². The SMILES string of the molecule is CSc1cccc(NC(=O)Nc2c(-c3ccc(C)cc3)[nH]c3ccccc23)c1. The molecule has 140 valence electrons. The molecule has 0 bridgehead atoms. The predicted octanol–water partition coefficient (Wildman–Crippen LogP) is 6.51. The van der Waals surface area contributed by atoms with Crippen molar-refractivity contribution < 1.29 is 4.79 Å². The summed E-state index contributed by atoms with van der Waals surface area (Å²) in [6, 6.07) is 23.8. The van der Waals surface area contributed by atoms with E-state index in [4.69, 9.17) is 0 Å². The number of aromatic nitrogens is 1. The highest BCUT2D eigenvalue weighted by molar-refractivity contribution is 7.98. The topological polar surface area (TPSA) is 56.9 Å². The average molecular weight is 388 g/mol. The molecule has 4 rings (SSSR count). The van der Waals surface area contributed by atoms with E-state index in [1.807, 2.05) is 54.8 Å². The molecule has 0 aliphatic rings. The third kappa shape index (κ3) is 3.75. The number of urea groups is 1. The monoisotopic (exact) mass is 387 g/mol. The summed E-state index contributed by atoms with van der Waals surface area (Å²) >= 11 is 1.64. The number of H-pyrrole nitrogens is 1. The second-order valence-electron chi connectivity index (χ2n) is 6.60. The Morgan fingerprint density at radius 3 is 2.50 bits per heavy atom. The number of anilines is 2. The second-order valence-corrected chi connectivity index (χ2v) is 7.48. The fourth-order valence-electron chi connectivity index (χ4n) is 3.19. The van der Waals surface area contributed by atoms with Gasteiger partial charge in [-0.3, -0.25) is 0 Å². The first-order chi connectivity index (χ1) is 13.6. The lowest BCUT2D eigenvalue weighted by atomic mass is 10.1. The van der Waals surface area contributed by atoms with Crippen molar-refractivity contribution in [1.82, 2.24) is 4.98 Å². The average Bonchev–Trinajstić information content (AvgIpc) is 3.07. The molecule has 0 saturated heterocycles.